The van der Waals surface area contributed by atoms with Gasteiger partial charge in [0.05, 0.1) is 27.0 Å². The molecule has 0 unspecified atom stereocenters. The molecule has 132 valence electrons. The minimum atomic E-state index is -0.111. The summed E-state index contributed by atoms with van der Waals surface area (Å²) in [5.41, 5.74) is 2.23. The van der Waals surface area contributed by atoms with Crippen LogP contribution in [-0.2, 0) is 0 Å². The highest BCUT2D eigenvalue weighted by Gasteiger charge is 2.16. The van der Waals surface area contributed by atoms with Gasteiger partial charge in [-0.15, -0.1) is 0 Å². The Labute approximate surface area is 148 Å². The summed E-state index contributed by atoms with van der Waals surface area (Å²) >= 11 is 0. The third kappa shape index (κ3) is 4.32. The number of anilines is 1. The van der Waals surface area contributed by atoms with Crippen LogP contribution >= 0.6 is 0 Å². The van der Waals surface area contributed by atoms with Gasteiger partial charge in [-0.25, -0.2) is 0 Å². The third-order valence-corrected chi connectivity index (χ3v) is 3.77. The molecular formula is C20H23NO4. The Hall–Kier alpha value is -2.95. The van der Waals surface area contributed by atoms with Crippen molar-refractivity contribution >= 4 is 17.5 Å². The largest absolute Gasteiger partial charge is 0.497 e. The average molecular weight is 341 g/mol. The van der Waals surface area contributed by atoms with Crippen LogP contribution in [0.3, 0.4) is 0 Å². The zero-order chi connectivity index (χ0) is 18.4. The maximum absolute atomic E-state index is 12.6. The highest BCUT2D eigenvalue weighted by molar-refractivity contribution is 6.08. The summed E-state index contributed by atoms with van der Waals surface area (Å²) in [4.78, 5) is 14.4. The highest BCUT2D eigenvalue weighted by atomic mass is 16.5. The maximum atomic E-state index is 12.6. The van der Waals surface area contributed by atoms with Gasteiger partial charge >= 0.3 is 0 Å². The summed E-state index contributed by atoms with van der Waals surface area (Å²) < 4.78 is 15.9. The molecule has 0 N–H and O–H groups in total. The van der Waals surface area contributed by atoms with Gasteiger partial charge in [0.2, 0.25) is 0 Å². The van der Waals surface area contributed by atoms with Crippen LogP contribution in [0.2, 0.25) is 0 Å². The summed E-state index contributed by atoms with van der Waals surface area (Å²) in [5.74, 6) is 1.79. The van der Waals surface area contributed by atoms with Gasteiger partial charge in [-0.1, -0.05) is 18.2 Å². The van der Waals surface area contributed by atoms with E-state index in [1.54, 1.807) is 45.6 Å². The predicted octanol–water partition coefficient (Wildman–Crippen LogP) is 3.67. The molecule has 2 aromatic rings. The van der Waals surface area contributed by atoms with Crippen molar-refractivity contribution in [3.05, 3.63) is 53.6 Å². The van der Waals surface area contributed by atoms with Gasteiger partial charge in [-0.05, 0) is 35.9 Å². The van der Waals surface area contributed by atoms with E-state index in [4.69, 9.17) is 14.2 Å². The molecule has 2 rings (SSSR count). The van der Waals surface area contributed by atoms with E-state index in [2.05, 4.69) is 0 Å². The number of hydrogen-bond donors (Lipinski definition) is 0. The van der Waals surface area contributed by atoms with E-state index >= 15 is 0 Å². The molecule has 5 heteroatoms. The molecule has 0 heterocycles. The average Bonchev–Trinajstić information content (AvgIpc) is 2.65. The highest BCUT2D eigenvalue weighted by Crippen LogP contribution is 2.38. The summed E-state index contributed by atoms with van der Waals surface area (Å²) in [6.07, 6.45) is 3.32. The minimum absolute atomic E-state index is 0.111. The van der Waals surface area contributed by atoms with Crippen LogP contribution < -0.4 is 19.1 Å². The molecule has 0 amide bonds. The maximum Gasteiger partial charge on any atom is 0.186 e. The lowest BCUT2D eigenvalue weighted by Gasteiger charge is -2.19. The van der Waals surface area contributed by atoms with Gasteiger partial charge in [-0.3, -0.25) is 4.79 Å². The fourth-order valence-electron chi connectivity index (χ4n) is 2.40. The van der Waals surface area contributed by atoms with Crippen LogP contribution in [0.5, 0.6) is 17.2 Å². The summed E-state index contributed by atoms with van der Waals surface area (Å²) in [7, 11) is 8.53. The van der Waals surface area contributed by atoms with Gasteiger partial charge in [-0.2, -0.15) is 0 Å². The second-order valence-electron chi connectivity index (χ2n) is 5.60. The van der Waals surface area contributed by atoms with Crippen molar-refractivity contribution in [1.82, 2.24) is 0 Å². The molecule has 5 nitrogen and oxygen atoms in total. The molecule has 0 aliphatic heterocycles. The molecule has 0 atom stereocenters. The van der Waals surface area contributed by atoms with Gasteiger partial charge in [0.1, 0.15) is 5.75 Å². The first-order chi connectivity index (χ1) is 12.0. The molecule has 0 spiro atoms. The van der Waals surface area contributed by atoms with Crippen molar-refractivity contribution < 1.29 is 19.0 Å². The monoisotopic (exact) mass is 341 g/mol. The van der Waals surface area contributed by atoms with Crippen LogP contribution in [0, 0.1) is 0 Å². The molecule has 0 fully saturated rings. The number of ether oxygens (including phenoxy) is 3. The van der Waals surface area contributed by atoms with Crippen molar-refractivity contribution in [3.8, 4) is 17.2 Å². The molecule has 0 radical (unpaired) electrons. The first-order valence-corrected chi connectivity index (χ1v) is 7.80. The van der Waals surface area contributed by atoms with E-state index in [0.29, 0.717) is 17.1 Å². The number of hydrogen-bond acceptors (Lipinski definition) is 5. The Morgan fingerprint density at radius 1 is 0.960 bits per heavy atom. The standard InChI is InChI=1S/C20H23NO4/c1-21(2)17-12-15(13-19(24-4)20(17)25-5)18(22)11-8-14-6-9-16(23-3)10-7-14/h6-13H,1-5H3/b11-8+. The van der Waals surface area contributed by atoms with Gasteiger partial charge in [0, 0.05) is 19.7 Å². The van der Waals surface area contributed by atoms with Crippen LogP contribution in [-0.4, -0.2) is 41.2 Å². The summed E-state index contributed by atoms with van der Waals surface area (Å²) in [6, 6.07) is 11.0. The quantitative estimate of drug-likeness (QED) is 0.568. The molecule has 0 aliphatic rings. The van der Waals surface area contributed by atoms with Gasteiger partial charge < -0.3 is 19.1 Å². The van der Waals surface area contributed by atoms with Crippen LogP contribution in [0.25, 0.3) is 6.08 Å². The summed E-state index contributed by atoms with van der Waals surface area (Å²) in [5, 5.41) is 0. The van der Waals surface area contributed by atoms with Crippen LogP contribution in [0.15, 0.2) is 42.5 Å². The molecule has 2 aromatic carbocycles. The predicted molar refractivity (Wildman–Crippen MR) is 100 cm³/mol. The molecule has 0 aromatic heterocycles. The second kappa shape index (κ2) is 8.24. The number of methoxy groups -OCH3 is 3. The second-order valence-corrected chi connectivity index (χ2v) is 5.60. The van der Waals surface area contributed by atoms with Crippen molar-refractivity contribution in [2.24, 2.45) is 0 Å². The lowest BCUT2D eigenvalue weighted by Crippen LogP contribution is -2.12. The zero-order valence-corrected chi connectivity index (χ0v) is 15.2. The Bertz CT molecular complexity index is 764. The number of rotatable bonds is 7. The first-order valence-electron chi connectivity index (χ1n) is 7.80. The fourth-order valence-corrected chi connectivity index (χ4v) is 2.40. The topological polar surface area (TPSA) is 48.0 Å². The Kier molecular flexibility index (Phi) is 6.06. The normalized spacial score (nSPS) is 10.6. The van der Waals surface area contributed by atoms with Crippen LogP contribution in [0.4, 0.5) is 5.69 Å². The van der Waals surface area contributed by atoms with Gasteiger partial charge in [0.25, 0.3) is 0 Å². The minimum Gasteiger partial charge on any atom is -0.497 e. The summed E-state index contributed by atoms with van der Waals surface area (Å²) in [6.45, 7) is 0. The third-order valence-electron chi connectivity index (χ3n) is 3.77. The Balaban J connectivity index is 2.31. The number of allylic oxidation sites excluding steroid dienone is 1. The first kappa shape index (κ1) is 18.4. The lowest BCUT2D eigenvalue weighted by molar-refractivity contribution is 0.104. The molecule has 0 saturated heterocycles. The van der Waals surface area contributed by atoms with E-state index in [1.807, 2.05) is 43.3 Å². The number of carbonyl (C=O) groups excluding carboxylic acids is 1. The number of ketones is 1. The number of benzene rings is 2. The van der Waals surface area contributed by atoms with Gasteiger partial charge in [0.15, 0.2) is 17.3 Å². The van der Waals surface area contributed by atoms with E-state index in [-0.39, 0.29) is 5.78 Å². The number of nitrogens with zero attached hydrogens (tertiary/aromatic N) is 1. The van der Waals surface area contributed by atoms with Crippen molar-refractivity contribution in [1.29, 1.82) is 0 Å². The molecule has 25 heavy (non-hydrogen) atoms. The van der Waals surface area contributed by atoms with E-state index in [0.717, 1.165) is 17.0 Å². The Morgan fingerprint density at radius 3 is 2.16 bits per heavy atom. The van der Waals surface area contributed by atoms with Crippen molar-refractivity contribution in [2.45, 2.75) is 0 Å². The molecule has 0 bridgehead atoms. The zero-order valence-electron chi connectivity index (χ0n) is 15.2. The SMILES string of the molecule is COc1ccc(/C=C/C(=O)c2cc(OC)c(OC)c(N(C)C)c2)cc1. The molecule has 0 saturated carbocycles. The molecular weight excluding hydrogens is 318 g/mol. The van der Waals surface area contributed by atoms with Crippen LogP contribution in [0.1, 0.15) is 15.9 Å². The van der Waals surface area contributed by atoms with E-state index in [9.17, 15) is 4.79 Å². The lowest BCUT2D eigenvalue weighted by atomic mass is 10.1. The van der Waals surface area contributed by atoms with E-state index < -0.39 is 0 Å². The van der Waals surface area contributed by atoms with E-state index in [1.165, 1.54) is 0 Å². The molecule has 0 aliphatic carbocycles. The smallest absolute Gasteiger partial charge is 0.186 e. The number of carbonyl (C=O) groups is 1. The Morgan fingerprint density at radius 2 is 1.64 bits per heavy atom. The van der Waals surface area contributed by atoms with Crippen molar-refractivity contribution in [2.75, 3.05) is 40.3 Å². The van der Waals surface area contributed by atoms with Crippen molar-refractivity contribution in [3.63, 3.8) is 0 Å². The fraction of sp³-hybridized carbons (Fsp3) is 0.250.